The first-order chi connectivity index (χ1) is 12.4. The second-order valence-corrected chi connectivity index (χ2v) is 11.5. The number of hydrogen-bond acceptors (Lipinski definition) is 8. The third-order valence-electron chi connectivity index (χ3n) is 3.00. The lowest BCUT2D eigenvalue weighted by atomic mass is 10.3. The molecule has 162 valence electrons. The SMILES string of the molecule is COc1cccc([Si](C)(OS(=O)(=O)C(F)(F)F)OS(=O)(=O)C(F)(F)F)c1OC. The molecule has 0 N–H and O–H groups in total. The van der Waals surface area contributed by atoms with Crippen molar-refractivity contribution >= 4 is 34.0 Å². The van der Waals surface area contributed by atoms with Gasteiger partial charge in [0, 0.05) is 5.19 Å². The van der Waals surface area contributed by atoms with Crippen molar-refractivity contribution < 1.29 is 60.4 Å². The van der Waals surface area contributed by atoms with Crippen LogP contribution in [0.5, 0.6) is 11.5 Å². The number of para-hydroxylation sites is 1. The van der Waals surface area contributed by atoms with Crippen LogP contribution >= 0.6 is 0 Å². The van der Waals surface area contributed by atoms with E-state index in [-0.39, 0.29) is 5.75 Å². The van der Waals surface area contributed by atoms with Crippen molar-refractivity contribution in [3.05, 3.63) is 18.2 Å². The zero-order valence-electron chi connectivity index (χ0n) is 14.1. The van der Waals surface area contributed by atoms with Gasteiger partial charge < -0.3 is 9.47 Å². The van der Waals surface area contributed by atoms with Crippen LogP contribution in [0.25, 0.3) is 0 Å². The maximum Gasteiger partial charge on any atom is 0.522 e. The quantitative estimate of drug-likeness (QED) is 0.332. The molecule has 0 spiro atoms. The molecule has 0 fully saturated rings. The molecule has 1 aromatic carbocycles. The number of hydrogen-bond donors (Lipinski definition) is 0. The van der Waals surface area contributed by atoms with E-state index in [0.29, 0.717) is 6.55 Å². The van der Waals surface area contributed by atoms with Gasteiger partial charge in [-0.3, -0.25) is 7.74 Å². The number of alkyl halides is 6. The summed E-state index contributed by atoms with van der Waals surface area (Å²) in [4.78, 5) is 0. The normalized spacial score (nSPS) is 14.0. The highest BCUT2D eigenvalue weighted by Crippen LogP contribution is 2.35. The Kier molecular flexibility index (Phi) is 6.72. The molecular formula is C11H12F6O8S2Si. The fourth-order valence-electron chi connectivity index (χ4n) is 1.86. The largest absolute Gasteiger partial charge is 0.522 e. The molecule has 0 saturated carbocycles. The van der Waals surface area contributed by atoms with Crippen molar-refractivity contribution in [2.45, 2.75) is 17.6 Å². The molecule has 17 heteroatoms. The number of halogens is 6. The van der Waals surface area contributed by atoms with Gasteiger partial charge in [-0.05, 0) is 12.6 Å². The molecule has 0 aliphatic rings. The monoisotopic (exact) mass is 478 g/mol. The van der Waals surface area contributed by atoms with Crippen LogP contribution in [0.4, 0.5) is 26.3 Å². The summed E-state index contributed by atoms with van der Waals surface area (Å²) in [5, 5.41) is -0.810. The van der Waals surface area contributed by atoms with E-state index in [1.807, 2.05) is 0 Å². The molecule has 28 heavy (non-hydrogen) atoms. The van der Waals surface area contributed by atoms with Gasteiger partial charge in [0.05, 0.1) is 14.2 Å². The summed E-state index contributed by atoms with van der Waals surface area (Å²) in [6.07, 6.45) is 0. The summed E-state index contributed by atoms with van der Waals surface area (Å²) in [6.45, 7) is 0.358. The summed E-state index contributed by atoms with van der Waals surface area (Å²) >= 11 is 0. The first-order valence-electron chi connectivity index (χ1n) is 6.67. The number of benzene rings is 1. The first-order valence-corrected chi connectivity index (χ1v) is 11.8. The Balaban J connectivity index is 3.77. The maximum atomic E-state index is 12.7. The van der Waals surface area contributed by atoms with E-state index in [2.05, 4.69) is 7.74 Å². The summed E-state index contributed by atoms with van der Waals surface area (Å²) < 4.78 is 139. The predicted octanol–water partition coefficient (Wildman–Crippen LogP) is 1.72. The van der Waals surface area contributed by atoms with Crippen LogP contribution in [0.3, 0.4) is 0 Å². The summed E-state index contributed by atoms with van der Waals surface area (Å²) in [7, 11) is -16.7. The highest BCUT2D eigenvalue weighted by molar-refractivity contribution is 7.90. The van der Waals surface area contributed by atoms with Crippen molar-refractivity contribution in [1.29, 1.82) is 0 Å². The third-order valence-corrected chi connectivity index (χ3v) is 9.80. The van der Waals surface area contributed by atoms with Crippen LogP contribution in [0.1, 0.15) is 0 Å². The molecule has 0 saturated heterocycles. The Morgan fingerprint density at radius 2 is 1.25 bits per heavy atom. The van der Waals surface area contributed by atoms with Crippen LogP contribution in [0.2, 0.25) is 6.55 Å². The van der Waals surface area contributed by atoms with E-state index >= 15 is 0 Å². The number of methoxy groups -OCH3 is 2. The minimum absolute atomic E-state index is 0.264. The van der Waals surface area contributed by atoms with Crippen LogP contribution in [-0.4, -0.2) is 50.6 Å². The van der Waals surface area contributed by atoms with Crippen LogP contribution in [0, 0.1) is 0 Å². The van der Waals surface area contributed by atoms with E-state index in [0.717, 1.165) is 32.4 Å². The Labute approximate surface area is 156 Å². The van der Waals surface area contributed by atoms with Gasteiger partial charge in [0.25, 0.3) is 0 Å². The fraction of sp³-hybridized carbons (Fsp3) is 0.455. The van der Waals surface area contributed by atoms with E-state index in [1.54, 1.807) is 0 Å². The molecule has 8 nitrogen and oxygen atoms in total. The lowest BCUT2D eigenvalue weighted by Gasteiger charge is -2.28. The van der Waals surface area contributed by atoms with Crippen molar-refractivity contribution in [3.8, 4) is 11.5 Å². The van der Waals surface area contributed by atoms with E-state index in [4.69, 9.17) is 9.47 Å². The van der Waals surface area contributed by atoms with E-state index in [9.17, 15) is 43.2 Å². The van der Waals surface area contributed by atoms with Gasteiger partial charge in [-0.2, -0.15) is 43.2 Å². The van der Waals surface area contributed by atoms with Gasteiger partial charge in [-0.1, -0.05) is 12.1 Å². The van der Waals surface area contributed by atoms with Gasteiger partial charge in [-0.15, -0.1) is 0 Å². The maximum absolute atomic E-state index is 12.7. The van der Waals surface area contributed by atoms with Crippen LogP contribution in [0.15, 0.2) is 18.2 Å². The third kappa shape index (κ3) is 4.88. The molecule has 1 rings (SSSR count). The molecule has 0 aliphatic heterocycles. The van der Waals surface area contributed by atoms with E-state index < -0.39 is 50.8 Å². The Morgan fingerprint density at radius 1 is 0.821 bits per heavy atom. The summed E-state index contributed by atoms with van der Waals surface area (Å²) in [5.74, 6) is -0.839. The summed E-state index contributed by atoms with van der Waals surface area (Å²) in [5.41, 5.74) is -12.1. The Hall–Kier alpha value is -1.56. The molecule has 0 unspecified atom stereocenters. The second-order valence-electron chi connectivity index (χ2n) is 4.95. The van der Waals surface area contributed by atoms with Crippen molar-refractivity contribution in [3.63, 3.8) is 0 Å². The molecule has 0 aliphatic carbocycles. The van der Waals surface area contributed by atoms with Crippen molar-refractivity contribution in [2.24, 2.45) is 0 Å². The van der Waals surface area contributed by atoms with Gasteiger partial charge in [-0.25, -0.2) is 0 Å². The highest BCUT2D eigenvalue weighted by Gasteiger charge is 2.59. The first kappa shape index (κ1) is 24.5. The Morgan fingerprint density at radius 3 is 1.57 bits per heavy atom. The molecule has 1 aromatic rings. The van der Waals surface area contributed by atoms with Crippen LogP contribution in [-0.2, 0) is 28.0 Å². The van der Waals surface area contributed by atoms with Crippen molar-refractivity contribution in [1.82, 2.24) is 0 Å². The molecule has 0 amide bonds. The average molecular weight is 478 g/mol. The molecule has 0 heterocycles. The molecular weight excluding hydrogens is 466 g/mol. The van der Waals surface area contributed by atoms with E-state index in [1.165, 1.54) is 0 Å². The highest BCUT2D eigenvalue weighted by atomic mass is 32.2. The zero-order valence-corrected chi connectivity index (χ0v) is 16.7. The molecule has 0 atom stereocenters. The van der Waals surface area contributed by atoms with Gasteiger partial charge >= 0.3 is 39.8 Å². The molecule has 0 bridgehead atoms. The fourth-order valence-corrected chi connectivity index (χ4v) is 8.08. The average Bonchev–Trinajstić information content (AvgIpc) is 2.50. The van der Waals surface area contributed by atoms with Gasteiger partial charge in [0.1, 0.15) is 0 Å². The summed E-state index contributed by atoms with van der Waals surface area (Å²) in [6, 6.07) is 2.97. The standard InChI is InChI=1S/C11H12F6O8S2Si/c1-22-7-5-4-6-8(9(7)23-2)28(3,24-26(18,19)10(12,13)14)25-27(20,21)11(15,16)17/h4-6H,1-3H3. The topological polar surface area (TPSA) is 105 Å². The van der Waals surface area contributed by atoms with Gasteiger partial charge in [0.2, 0.25) is 0 Å². The smallest absolute Gasteiger partial charge is 0.493 e. The van der Waals surface area contributed by atoms with Gasteiger partial charge in [0.15, 0.2) is 11.5 Å². The van der Waals surface area contributed by atoms with Crippen LogP contribution < -0.4 is 14.7 Å². The number of ether oxygens (including phenoxy) is 2. The predicted molar refractivity (Wildman–Crippen MR) is 82.9 cm³/mol. The zero-order chi connectivity index (χ0) is 22.2. The van der Waals surface area contributed by atoms with Crippen molar-refractivity contribution in [2.75, 3.05) is 14.2 Å². The molecule has 0 aromatic heterocycles. The number of rotatable bonds is 7. The minimum atomic E-state index is -6.56. The Bertz CT molecular complexity index is 879. The molecule has 0 radical (unpaired) electrons. The lowest BCUT2D eigenvalue weighted by molar-refractivity contribution is -0.0529. The minimum Gasteiger partial charge on any atom is -0.493 e. The second kappa shape index (κ2) is 7.69. The lowest BCUT2D eigenvalue weighted by Crippen LogP contribution is -2.56.